The molecule has 0 rings (SSSR count). The second-order valence-electron chi connectivity index (χ2n) is 2.91. The van der Waals surface area contributed by atoms with Crippen LogP contribution < -0.4 is 0 Å². The van der Waals surface area contributed by atoms with Crippen LogP contribution in [0.5, 0.6) is 0 Å². The molecule has 0 bridgehead atoms. The van der Waals surface area contributed by atoms with Crippen molar-refractivity contribution in [3.63, 3.8) is 0 Å². The van der Waals surface area contributed by atoms with Gasteiger partial charge in [-0.3, -0.25) is 0 Å². The zero-order chi connectivity index (χ0) is 5.21. The zero-order valence-corrected chi connectivity index (χ0v) is 11.4. The fourth-order valence-corrected chi connectivity index (χ4v) is 0. The summed E-state index contributed by atoms with van der Waals surface area (Å²) in [6, 6.07) is 0. The minimum absolute atomic E-state index is 0. The van der Waals surface area contributed by atoms with Crippen molar-refractivity contribution < 1.29 is 0 Å². The van der Waals surface area contributed by atoms with Crippen LogP contribution in [0.15, 0.2) is 0 Å². The smallest absolute Gasteiger partial charge is 0.137 e. The lowest BCUT2D eigenvalue weighted by atomic mass is 10.2. The number of hydrogen-bond donors (Lipinski definition) is 0. The quantitative estimate of drug-likeness (QED) is 0.434. The first-order valence-electron chi connectivity index (χ1n) is 2.56. The normalized spacial score (nSPS) is 9.57. The van der Waals surface area contributed by atoms with E-state index in [4.69, 9.17) is 0 Å². The summed E-state index contributed by atoms with van der Waals surface area (Å²) in [6.07, 6.45) is 0. The third kappa shape index (κ3) is 11.3. The Bertz CT molecular complexity index is 41.4. The lowest BCUT2D eigenvalue weighted by molar-refractivity contribution is 0.763. The van der Waals surface area contributed by atoms with Crippen LogP contribution in [0, 0.1) is 0 Å². The molecule has 0 aromatic carbocycles. The molecule has 0 aliphatic heterocycles. The fourth-order valence-electron chi connectivity index (χ4n) is 0. The van der Waals surface area contributed by atoms with Gasteiger partial charge in [-0.1, -0.05) is 20.8 Å². The molecule has 42 valence electrons. The lowest BCUT2D eigenvalue weighted by Gasteiger charge is -2.12. The van der Waals surface area contributed by atoms with E-state index in [1.165, 1.54) is 7.89 Å². The number of rotatable bonds is 0. The highest BCUT2D eigenvalue weighted by Crippen LogP contribution is 2.17. The van der Waals surface area contributed by atoms with Crippen molar-refractivity contribution in [1.82, 2.24) is 0 Å². The Kier molecular flexibility index (Phi) is 7.52. The second kappa shape index (κ2) is 4.58. The molecular formula is C4H13IMgSi. The third-order valence-corrected chi connectivity index (χ3v) is 9.55. The van der Waals surface area contributed by atoms with Crippen LogP contribution in [0.4, 0.5) is 0 Å². The molecule has 0 aliphatic carbocycles. The molecule has 0 aromatic rings. The maximum absolute atomic E-state index is 2.34. The van der Waals surface area contributed by atoms with Crippen molar-refractivity contribution >= 4 is 51.5 Å². The summed E-state index contributed by atoms with van der Waals surface area (Å²) in [5.74, 6) is 0. The van der Waals surface area contributed by atoms with Crippen LogP contribution in [0.3, 0.4) is 0 Å². The minimum atomic E-state index is 0. The molecule has 0 aromatic heterocycles. The first-order valence-corrected chi connectivity index (χ1v) is 8.92. The van der Waals surface area contributed by atoms with Gasteiger partial charge in [0.25, 0.3) is 0 Å². The predicted molar refractivity (Wildman–Crippen MR) is 50.8 cm³/mol. The Morgan fingerprint density at radius 3 is 1.43 bits per heavy atom. The van der Waals surface area contributed by atoms with E-state index in [1.54, 1.807) is 0 Å². The van der Waals surface area contributed by atoms with Gasteiger partial charge in [-0.25, -0.2) is 0 Å². The van der Waals surface area contributed by atoms with Crippen LogP contribution >= 0.6 is 24.0 Å². The van der Waals surface area contributed by atoms with Crippen molar-refractivity contribution in [2.75, 3.05) is 0 Å². The lowest BCUT2D eigenvalue weighted by Crippen LogP contribution is -2.06. The van der Waals surface area contributed by atoms with Crippen molar-refractivity contribution in [3.05, 3.63) is 0 Å². The SMILES string of the molecule is C[C](C)(C)[Mg][SiH3].I. The molecule has 0 nitrogen and oxygen atoms in total. The van der Waals surface area contributed by atoms with Gasteiger partial charge < -0.3 is 0 Å². The van der Waals surface area contributed by atoms with E-state index in [0.717, 1.165) is 3.54 Å². The Hall–Kier alpha value is 1.71. The molecule has 7 heavy (non-hydrogen) atoms. The van der Waals surface area contributed by atoms with Crippen molar-refractivity contribution in [2.45, 2.75) is 24.3 Å². The first kappa shape index (κ1) is 11.5. The summed E-state index contributed by atoms with van der Waals surface area (Å²) in [7, 11) is 1.49. The highest BCUT2D eigenvalue weighted by molar-refractivity contribution is 14.0. The van der Waals surface area contributed by atoms with Crippen LogP contribution in [-0.2, 0) is 0 Å². The van der Waals surface area contributed by atoms with E-state index in [0.29, 0.717) is 19.6 Å². The maximum Gasteiger partial charge on any atom is 0.358 e. The Morgan fingerprint density at radius 2 is 1.43 bits per heavy atom. The van der Waals surface area contributed by atoms with E-state index in [2.05, 4.69) is 20.8 Å². The third-order valence-electron chi connectivity index (χ3n) is 1.06. The largest absolute Gasteiger partial charge is 0.358 e. The van der Waals surface area contributed by atoms with Crippen LogP contribution in [-0.4, -0.2) is 27.5 Å². The summed E-state index contributed by atoms with van der Waals surface area (Å²) in [5.41, 5.74) is 0. The van der Waals surface area contributed by atoms with Crippen LogP contribution in [0.25, 0.3) is 0 Å². The van der Waals surface area contributed by atoms with E-state index >= 15 is 0 Å². The molecule has 0 saturated heterocycles. The molecule has 0 spiro atoms. The van der Waals surface area contributed by atoms with Gasteiger partial charge in [-0.15, -0.1) is 35.4 Å². The van der Waals surface area contributed by atoms with Gasteiger partial charge in [0.05, 0.1) is 0 Å². The molecule has 0 aliphatic rings. The molecule has 0 N–H and O–H groups in total. The monoisotopic (exact) mass is 240 g/mol. The predicted octanol–water partition coefficient (Wildman–Crippen LogP) is 0.807. The summed E-state index contributed by atoms with van der Waals surface area (Å²) in [4.78, 5) is 0. The fraction of sp³-hybridized carbons (Fsp3) is 1.00. The average Bonchev–Trinajstić information content (AvgIpc) is 1.35. The standard InChI is InChI=1S/C4H9.HI.Mg.H3Si/c1-4(2)3;;;/h1-3H3;1H;;1H3. The van der Waals surface area contributed by atoms with E-state index < -0.39 is 0 Å². The van der Waals surface area contributed by atoms with Crippen LogP contribution in [0.1, 0.15) is 20.8 Å². The van der Waals surface area contributed by atoms with Gasteiger partial charge in [0, 0.05) is 0 Å². The van der Waals surface area contributed by atoms with Gasteiger partial charge in [-0.05, 0) is 0 Å². The summed E-state index contributed by atoms with van der Waals surface area (Å²) >= 11 is 0.391. The Balaban J connectivity index is 0. The number of halogens is 1. The van der Waals surface area contributed by atoms with Gasteiger partial charge in [0.1, 0.15) is 0 Å². The molecule has 0 radical (unpaired) electrons. The van der Waals surface area contributed by atoms with Gasteiger partial charge >= 0.3 is 19.6 Å². The molecule has 0 saturated carbocycles. The summed E-state index contributed by atoms with van der Waals surface area (Å²) < 4.78 is 0.742. The van der Waals surface area contributed by atoms with Crippen molar-refractivity contribution in [1.29, 1.82) is 0 Å². The van der Waals surface area contributed by atoms with Gasteiger partial charge in [-0.2, -0.15) is 0 Å². The topological polar surface area (TPSA) is 0 Å². The molecule has 0 fully saturated rings. The first-order chi connectivity index (χ1) is 2.56. The Morgan fingerprint density at radius 1 is 1.29 bits per heavy atom. The minimum Gasteiger partial charge on any atom is -0.137 e. The average molecular weight is 240 g/mol. The van der Waals surface area contributed by atoms with E-state index in [1.807, 2.05) is 0 Å². The molecule has 0 amide bonds. The number of hydrogen-bond acceptors (Lipinski definition) is 0. The highest BCUT2D eigenvalue weighted by Gasteiger charge is 2.07. The highest BCUT2D eigenvalue weighted by atomic mass is 127. The van der Waals surface area contributed by atoms with Crippen molar-refractivity contribution in [2.24, 2.45) is 0 Å². The van der Waals surface area contributed by atoms with Gasteiger partial charge in [0.15, 0.2) is 0 Å². The molecular weight excluding hydrogens is 227 g/mol. The molecule has 0 atom stereocenters. The van der Waals surface area contributed by atoms with Gasteiger partial charge in [0.2, 0.25) is 0 Å². The molecule has 0 unspecified atom stereocenters. The zero-order valence-electron chi connectivity index (χ0n) is 5.62. The van der Waals surface area contributed by atoms with E-state index in [-0.39, 0.29) is 24.0 Å². The van der Waals surface area contributed by atoms with Crippen LogP contribution in [0.2, 0.25) is 3.54 Å². The maximum atomic E-state index is 2.34. The summed E-state index contributed by atoms with van der Waals surface area (Å²) in [6.45, 7) is 7.02. The molecule has 0 heterocycles. The van der Waals surface area contributed by atoms with Crippen molar-refractivity contribution in [3.8, 4) is 0 Å². The Labute approximate surface area is 75.1 Å². The van der Waals surface area contributed by atoms with E-state index in [9.17, 15) is 0 Å². The second-order valence-corrected chi connectivity index (χ2v) is 7.86. The summed E-state index contributed by atoms with van der Waals surface area (Å²) in [5, 5.41) is 0. The molecule has 3 heteroatoms.